The minimum atomic E-state index is -0.488. The Morgan fingerprint density at radius 2 is 2.03 bits per heavy atom. The van der Waals surface area contributed by atoms with Gasteiger partial charge in [-0.25, -0.2) is 4.98 Å². The monoisotopic (exact) mass is 461 g/mol. The number of aryl methyl sites for hydroxylation is 2. The molecule has 10 nitrogen and oxygen atoms in total. The van der Waals surface area contributed by atoms with E-state index in [2.05, 4.69) is 32.6 Å². The van der Waals surface area contributed by atoms with Crippen LogP contribution in [0.25, 0.3) is 33.8 Å². The summed E-state index contributed by atoms with van der Waals surface area (Å²) in [5.74, 6) is 1.76. The minimum Gasteiger partial charge on any atom is -0.366 e. The van der Waals surface area contributed by atoms with E-state index in [0.29, 0.717) is 29.0 Å². The summed E-state index contributed by atoms with van der Waals surface area (Å²) in [6.45, 7) is 9.90. The minimum absolute atomic E-state index is 0.416. The zero-order valence-corrected chi connectivity index (χ0v) is 19.9. The van der Waals surface area contributed by atoms with E-state index in [9.17, 15) is 4.79 Å². The lowest BCUT2D eigenvalue weighted by atomic mass is 9.86. The van der Waals surface area contributed by atoms with Crippen LogP contribution in [0, 0.1) is 18.8 Å². The Labute approximate surface area is 197 Å². The molecule has 4 aromatic rings. The van der Waals surface area contributed by atoms with Crippen LogP contribution in [-0.4, -0.2) is 53.7 Å². The summed E-state index contributed by atoms with van der Waals surface area (Å²) < 4.78 is 3.87. The molecule has 3 aromatic heterocycles. The third-order valence-electron chi connectivity index (χ3n) is 6.87. The molecular formula is C24H31N9O. The number of benzene rings is 1. The van der Waals surface area contributed by atoms with Gasteiger partial charge in [0, 0.05) is 29.6 Å². The Morgan fingerprint density at radius 3 is 2.76 bits per heavy atom. The number of piperidine rings is 1. The van der Waals surface area contributed by atoms with Crippen LogP contribution in [0.1, 0.15) is 42.7 Å². The molecule has 1 amide bonds. The van der Waals surface area contributed by atoms with Gasteiger partial charge in [-0.1, -0.05) is 6.92 Å². The molecule has 1 unspecified atom stereocenters. The lowest BCUT2D eigenvalue weighted by molar-refractivity contribution is 0.100. The van der Waals surface area contributed by atoms with Gasteiger partial charge in [0.25, 0.3) is 0 Å². The molecule has 0 radical (unpaired) electrons. The Kier molecular flexibility index (Phi) is 5.91. The first kappa shape index (κ1) is 22.3. The van der Waals surface area contributed by atoms with E-state index in [1.54, 1.807) is 6.07 Å². The van der Waals surface area contributed by atoms with Crippen LogP contribution in [0.3, 0.4) is 0 Å². The highest BCUT2D eigenvalue weighted by atomic mass is 16.1. The van der Waals surface area contributed by atoms with Crippen molar-refractivity contribution in [1.29, 1.82) is 0 Å². The Morgan fingerprint density at radius 1 is 1.24 bits per heavy atom. The largest absolute Gasteiger partial charge is 0.366 e. The van der Waals surface area contributed by atoms with Gasteiger partial charge in [-0.3, -0.25) is 19.3 Å². The molecule has 10 heteroatoms. The SMILES string of the molecule is CCn1nc(C)cc1-c1nc(-c2cc(C(N)=O)cc3c2cnn3CC(C)C2CCNCC2)n[nH]1. The third-order valence-corrected chi connectivity index (χ3v) is 6.87. The topological polar surface area (TPSA) is 132 Å². The highest BCUT2D eigenvalue weighted by molar-refractivity contribution is 6.02. The number of primary amides is 1. The molecule has 34 heavy (non-hydrogen) atoms. The van der Waals surface area contributed by atoms with Crippen molar-refractivity contribution in [2.45, 2.75) is 46.7 Å². The average molecular weight is 462 g/mol. The number of carbonyl (C=O) groups is 1. The van der Waals surface area contributed by atoms with Gasteiger partial charge in [0.05, 0.1) is 17.4 Å². The standard InChI is InChI=1S/C24H31N9O/c1-4-32-21(9-15(3)31-32)24-28-23(29-30-24)18-10-17(22(25)34)11-20-19(18)12-27-33(20)13-14(2)16-5-7-26-8-6-16/h9-12,14,16,26H,4-8,13H2,1-3H3,(H2,25,34)(H,28,29,30). The van der Waals surface area contributed by atoms with Crippen LogP contribution in [-0.2, 0) is 13.1 Å². The van der Waals surface area contributed by atoms with Crippen molar-refractivity contribution in [2.24, 2.45) is 17.6 Å². The summed E-state index contributed by atoms with van der Waals surface area (Å²) in [6.07, 6.45) is 4.18. The number of aromatic amines is 1. The van der Waals surface area contributed by atoms with Crippen molar-refractivity contribution in [3.8, 4) is 22.9 Å². The zero-order valence-electron chi connectivity index (χ0n) is 19.9. The highest BCUT2D eigenvalue weighted by Crippen LogP contribution is 2.31. The van der Waals surface area contributed by atoms with Crippen molar-refractivity contribution >= 4 is 16.8 Å². The summed E-state index contributed by atoms with van der Waals surface area (Å²) in [6, 6.07) is 5.55. The van der Waals surface area contributed by atoms with Crippen LogP contribution >= 0.6 is 0 Å². The lowest BCUT2D eigenvalue weighted by Crippen LogP contribution is -2.32. The maximum absolute atomic E-state index is 12.2. The van der Waals surface area contributed by atoms with Gasteiger partial charge < -0.3 is 11.1 Å². The van der Waals surface area contributed by atoms with Crippen molar-refractivity contribution in [2.75, 3.05) is 13.1 Å². The van der Waals surface area contributed by atoms with Gasteiger partial charge >= 0.3 is 0 Å². The molecule has 1 aliphatic rings. The second-order valence-electron chi connectivity index (χ2n) is 9.21. The summed E-state index contributed by atoms with van der Waals surface area (Å²) in [5.41, 5.74) is 9.49. The van der Waals surface area contributed by atoms with E-state index in [0.717, 1.165) is 54.0 Å². The molecule has 4 N–H and O–H groups in total. The fourth-order valence-electron chi connectivity index (χ4n) is 4.96. The Hall–Kier alpha value is -3.53. The maximum atomic E-state index is 12.2. The van der Waals surface area contributed by atoms with Crippen molar-refractivity contribution in [3.63, 3.8) is 0 Å². The normalized spacial score (nSPS) is 15.7. The molecule has 0 bridgehead atoms. The lowest BCUT2D eigenvalue weighted by Gasteiger charge is -2.28. The molecule has 5 rings (SSSR count). The fourth-order valence-corrected chi connectivity index (χ4v) is 4.96. The van der Waals surface area contributed by atoms with E-state index < -0.39 is 5.91 Å². The molecule has 1 atom stereocenters. The van der Waals surface area contributed by atoms with Gasteiger partial charge in [-0.15, -0.1) is 0 Å². The van der Waals surface area contributed by atoms with Gasteiger partial charge in [0.15, 0.2) is 11.6 Å². The number of hydrogen-bond acceptors (Lipinski definition) is 6. The van der Waals surface area contributed by atoms with E-state index in [1.807, 2.05) is 41.5 Å². The van der Waals surface area contributed by atoms with Crippen LogP contribution in [0.2, 0.25) is 0 Å². The second kappa shape index (κ2) is 9.02. The summed E-state index contributed by atoms with van der Waals surface area (Å²) in [4.78, 5) is 16.9. The third kappa shape index (κ3) is 4.09. The van der Waals surface area contributed by atoms with Crippen LogP contribution in [0.4, 0.5) is 0 Å². The number of nitrogens with zero attached hydrogens (tertiary/aromatic N) is 6. The number of nitrogens with two attached hydrogens (primary N) is 1. The predicted octanol–water partition coefficient (Wildman–Crippen LogP) is 2.75. The maximum Gasteiger partial charge on any atom is 0.248 e. The van der Waals surface area contributed by atoms with E-state index >= 15 is 0 Å². The van der Waals surface area contributed by atoms with E-state index in [4.69, 9.17) is 10.7 Å². The first-order valence-corrected chi connectivity index (χ1v) is 11.9. The Bertz CT molecular complexity index is 1330. The molecule has 0 saturated carbocycles. The molecule has 4 heterocycles. The molecular weight excluding hydrogens is 430 g/mol. The first-order chi connectivity index (χ1) is 16.4. The van der Waals surface area contributed by atoms with Gasteiger partial charge in [0.1, 0.15) is 5.69 Å². The fraction of sp³-hybridized carbons (Fsp3) is 0.458. The van der Waals surface area contributed by atoms with Crippen LogP contribution in [0.15, 0.2) is 24.4 Å². The van der Waals surface area contributed by atoms with E-state index in [1.165, 1.54) is 12.8 Å². The van der Waals surface area contributed by atoms with Crippen molar-refractivity contribution in [3.05, 3.63) is 35.7 Å². The predicted molar refractivity (Wildman–Crippen MR) is 130 cm³/mol. The van der Waals surface area contributed by atoms with Crippen LogP contribution < -0.4 is 11.1 Å². The number of nitrogens with one attached hydrogen (secondary N) is 2. The van der Waals surface area contributed by atoms with Gasteiger partial charge in [-0.2, -0.15) is 15.3 Å². The summed E-state index contributed by atoms with van der Waals surface area (Å²) in [5, 5.41) is 21.0. The van der Waals surface area contributed by atoms with Gasteiger partial charge in [0.2, 0.25) is 5.91 Å². The first-order valence-electron chi connectivity index (χ1n) is 11.9. The van der Waals surface area contributed by atoms with E-state index in [-0.39, 0.29) is 0 Å². The quantitative estimate of drug-likeness (QED) is 0.388. The van der Waals surface area contributed by atoms with Crippen molar-refractivity contribution < 1.29 is 4.79 Å². The molecule has 1 aromatic carbocycles. The number of amides is 1. The number of rotatable bonds is 7. The Balaban J connectivity index is 1.54. The molecule has 1 aliphatic heterocycles. The molecule has 1 fully saturated rings. The van der Waals surface area contributed by atoms with Crippen molar-refractivity contribution in [1.82, 2.24) is 40.1 Å². The number of aromatic nitrogens is 7. The number of fused-ring (bicyclic) bond motifs is 1. The number of hydrogen-bond donors (Lipinski definition) is 3. The molecule has 0 spiro atoms. The number of carbonyl (C=O) groups excluding carboxylic acids is 1. The summed E-state index contributed by atoms with van der Waals surface area (Å²) in [7, 11) is 0. The number of H-pyrrole nitrogens is 1. The van der Waals surface area contributed by atoms with Crippen LogP contribution in [0.5, 0.6) is 0 Å². The highest BCUT2D eigenvalue weighted by Gasteiger charge is 2.23. The molecule has 1 saturated heterocycles. The smallest absolute Gasteiger partial charge is 0.248 e. The van der Waals surface area contributed by atoms with Gasteiger partial charge in [-0.05, 0) is 69.8 Å². The average Bonchev–Trinajstić information content (AvgIpc) is 3.57. The second-order valence-corrected chi connectivity index (χ2v) is 9.21. The molecule has 178 valence electrons. The summed E-state index contributed by atoms with van der Waals surface area (Å²) >= 11 is 0. The zero-order chi connectivity index (χ0) is 23.8. The molecule has 0 aliphatic carbocycles.